The van der Waals surface area contributed by atoms with Crippen LogP contribution in [0.3, 0.4) is 0 Å². The Labute approximate surface area is 129 Å². The smallest absolute Gasteiger partial charge is 0.327 e. The van der Waals surface area contributed by atoms with E-state index in [1.54, 1.807) is 0 Å². The summed E-state index contributed by atoms with van der Waals surface area (Å²) in [6.07, 6.45) is 1.53. The highest BCUT2D eigenvalue weighted by molar-refractivity contribution is 8.00. The van der Waals surface area contributed by atoms with E-state index in [2.05, 4.69) is 0 Å². The zero-order valence-electron chi connectivity index (χ0n) is 11.2. The van der Waals surface area contributed by atoms with Crippen LogP contribution in [0.1, 0.15) is 30.1 Å². The van der Waals surface area contributed by atoms with Gasteiger partial charge in [-0.05, 0) is 6.42 Å². The van der Waals surface area contributed by atoms with Crippen molar-refractivity contribution in [2.24, 2.45) is 0 Å². The van der Waals surface area contributed by atoms with Crippen LogP contribution in [0.5, 0.6) is 0 Å². The first kappa shape index (κ1) is 15.8. The first-order chi connectivity index (χ1) is 9.95. The molecule has 2 atom stereocenters. The summed E-state index contributed by atoms with van der Waals surface area (Å²) in [5.74, 6) is -1.15. The molecule has 2 unspecified atom stereocenters. The van der Waals surface area contributed by atoms with Crippen molar-refractivity contribution in [1.82, 2.24) is 4.90 Å². The van der Waals surface area contributed by atoms with Crippen LogP contribution in [0.25, 0.3) is 0 Å². The third-order valence-electron chi connectivity index (χ3n) is 3.16. The lowest BCUT2D eigenvalue weighted by Gasteiger charge is -2.26. The lowest BCUT2D eigenvalue weighted by molar-refractivity contribution is -0.380. The fraction of sp³-hybridized carbons (Fsp3) is 0.500. The van der Waals surface area contributed by atoms with E-state index in [0.717, 1.165) is 17.8 Å². The number of carbonyl (C=O) groups is 2. The van der Waals surface area contributed by atoms with Gasteiger partial charge in [-0.2, -0.15) is 0 Å². The molecule has 1 aliphatic heterocycles. The summed E-state index contributed by atoms with van der Waals surface area (Å²) in [5, 5.41) is 21.0. The molecule has 21 heavy (non-hydrogen) atoms. The molecule has 2 rings (SSSR count). The molecular weight excluding hydrogens is 316 g/mol. The number of nitro groups is 1. The van der Waals surface area contributed by atoms with Crippen molar-refractivity contribution in [3.05, 3.63) is 27.1 Å². The van der Waals surface area contributed by atoms with Crippen LogP contribution in [0.2, 0.25) is 0 Å². The van der Waals surface area contributed by atoms with E-state index in [1.165, 1.54) is 28.1 Å². The largest absolute Gasteiger partial charge is 0.480 e. The van der Waals surface area contributed by atoms with Gasteiger partial charge in [0.25, 0.3) is 5.91 Å². The zero-order valence-corrected chi connectivity index (χ0v) is 12.9. The third-order valence-corrected chi connectivity index (χ3v) is 5.40. The number of thioether (sulfide) groups is 1. The van der Waals surface area contributed by atoms with Crippen LogP contribution in [0.15, 0.2) is 11.4 Å². The minimum absolute atomic E-state index is 0.121. The molecule has 7 nitrogen and oxygen atoms in total. The summed E-state index contributed by atoms with van der Waals surface area (Å²) in [6, 6.07) is 0.329. The van der Waals surface area contributed by atoms with E-state index < -0.39 is 22.8 Å². The molecule has 1 aliphatic rings. The van der Waals surface area contributed by atoms with E-state index in [9.17, 15) is 24.8 Å². The van der Waals surface area contributed by atoms with Gasteiger partial charge in [0.05, 0.1) is 15.9 Å². The Morgan fingerprint density at radius 3 is 2.81 bits per heavy atom. The number of thiophene rings is 1. The Kier molecular flexibility index (Phi) is 4.84. The number of carboxylic acids is 1. The number of carbonyl (C=O) groups excluding carboxylic acids is 1. The molecule has 1 aromatic heterocycles. The molecule has 114 valence electrons. The Balaban J connectivity index is 2.27. The zero-order chi connectivity index (χ0) is 15.6. The second-order valence-corrected chi connectivity index (χ2v) is 6.67. The number of hydrogen-bond donors (Lipinski definition) is 1. The summed E-state index contributed by atoms with van der Waals surface area (Å²) in [6.45, 7) is 1.97. The number of carboxylic acid groups (broad SMARTS) is 1. The normalized spacial score (nSPS) is 21.5. The average molecular weight is 330 g/mol. The van der Waals surface area contributed by atoms with E-state index >= 15 is 0 Å². The first-order valence-corrected chi connectivity index (χ1v) is 8.28. The molecule has 1 fully saturated rings. The van der Waals surface area contributed by atoms with Crippen molar-refractivity contribution in [1.29, 1.82) is 0 Å². The van der Waals surface area contributed by atoms with Crippen LogP contribution in [-0.4, -0.2) is 44.0 Å². The van der Waals surface area contributed by atoms with Crippen molar-refractivity contribution in [3.8, 4) is 0 Å². The van der Waals surface area contributed by atoms with Crippen LogP contribution in [0, 0.1) is 10.1 Å². The highest BCUT2D eigenvalue weighted by atomic mass is 32.2. The van der Waals surface area contributed by atoms with Crippen molar-refractivity contribution < 1.29 is 19.6 Å². The number of amides is 1. The Bertz CT molecular complexity index is 574. The van der Waals surface area contributed by atoms with Crippen molar-refractivity contribution in [3.63, 3.8) is 0 Å². The highest BCUT2D eigenvalue weighted by Gasteiger charge is 2.41. The third kappa shape index (κ3) is 3.18. The van der Waals surface area contributed by atoms with Gasteiger partial charge in [-0.15, -0.1) is 11.8 Å². The summed E-state index contributed by atoms with van der Waals surface area (Å²) >= 11 is 2.31. The molecule has 1 N–H and O–H groups in total. The predicted octanol–water partition coefficient (Wildman–Crippen LogP) is 2.42. The molecule has 0 spiro atoms. The number of rotatable bonds is 5. The van der Waals surface area contributed by atoms with Gasteiger partial charge in [0.2, 0.25) is 0 Å². The number of hydrogen-bond acceptors (Lipinski definition) is 6. The highest BCUT2D eigenvalue weighted by Crippen LogP contribution is 2.34. The van der Waals surface area contributed by atoms with Gasteiger partial charge >= 0.3 is 11.0 Å². The van der Waals surface area contributed by atoms with Gasteiger partial charge in [-0.3, -0.25) is 14.9 Å². The van der Waals surface area contributed by atoms with Crippen molar-refractivity contribution >= 4 is 40.0 Å². The maximum Gasteiger partial charge on any atom is 0.327 e. The molecule has 9 heteroatoms. The number of aliphatic carboxylic acids is 1. The first-order valence-electron chi connectivity index (χ1n) is 6.35. The van der Waals surface area contributed by atoms with Gasteiger partial charge in [-0.1, -0.05) is 24.7 Å². The Hall–Kier alpha value is -1.61. The summed E-state index contributed by atoms with van der Waals surface area (Å²) < 4.78 is 0. The molecule has 1 aromatic rings. The molecule has 0 aromatic carbocycles. The molecule has 0 bridgehead atoms. The van der Waals surface area contributed by atoms with Crippen LogP contribution in [-0.2, 0) is 4.79 Å². The van der Waals surface area contributed by atoms with Crippen LogP contribution in [0.4, 0.5) is 5.00 Å². The SMILES string of the molecule is CCCC1SCC(C(=O)O)N1C(=O)c1csc([N+](=O)[O-])c1. The quantitative estimate of drug-likeness (QED) is 0.657. The van der Waals surface area contributed by atoms with Gasteiger partial charge in [-0.25, -0.2) is 4.79 Å². The predicted molar refractivity (Wildman–Crippen MR) is 79.7 cm³/mol. The van der Waals surface area contributed by atoms with Crippen LogP contribution < -0.4 is 0 Å². The summed E-state index contributed by atoms with van der Waals surface area (Å²) in [4.78, 5) is 35.3. The van der Waals surface area contributed by atoms with Crippen molar-refractivity contribution in [2.45, 2.75) is 31.2 Å². The second kappa shape index (κ2) is 6.44. The van der Waals surface area contributed by atoms with Crippen LogP contribution >= 0.6 is 23.1 Å². The molecule has 0 radical (unpaired) electrons. The maximum absolute atomic E-state index is 12.5. The molecule has 1 saturated heterocycles. The fourth-order valence-corrected chi connectivity index (χ4v) is 4.39. The Morgan fingerprint density at radius 2 is 2.29 bits per heavy atom. The minimum atomic E-state index is -1.04. The Morgan fingerprint density at radius 1 is 1.57 bits per heavy atom. The van der Waals surface area contributed by atoms with E-state index in [0.29, 0.717) is 12.2 Å². The van der Waals surface area contributed by atoms with Gasteiger partial charge in [0.15, 0.2) is 0 Å². The maximum atomic E-state index is 12.5. The van der Waals surface area contributed by atoms with E-state index in [-0.39, 0.29) is 15.9 Å². The second-order valence-electron chi connectivity index (χ2n) is 4.57. The van der Waals surface area contributed by atoms with E-state index in [1.807, 2.05) is 6.92 Å². The lowest BCUT2D eigenvalue weighted by atomic mass is 10.2. The number of nitrogens with zero attached hydrogens (tertiary/aromatic N) is 2. The average Bonchev–Trinajstić information content (AvgIpc) is 3.05. The topological polar surface area (TPSA) is 101 Å². The summed E-state index contributed by atoms with van der Waals surface area (Å²) in [5.41, 5.74) is 0.182. The van der Waals surface area contributed by atoms with Crippen molar-refractivity contribution in [2.75, 3.05) is 5.75 Å². The molecule has 0 saturated carbocycles. The van der Waals surface area contributed by atoms with Gasteiger partial charge in [0.1, 0.15) is 6.04 Å². The molecule has 2 heterocycles. The molecule has 0 aliphatic carbocycles. The van der Waals surface area contributed by atoms with Gasteiger partial charge in [0, 0.05) is 17.2 Å². The summed E-state index contributed by atoms with van der Waals surface area (Å²) in [7, 11) is 0. The molecule has 1 amide bonds. The minimum Gasteiger partial charge on any atom is -0.480 e. The van der Waals surface area contributed by atoms with E-state index in [4.69, 9.17) is 0 Å². The van der Waals surface area contributed by atoms with Gasteiger partial charge < -0.3 is 10.0 Å². The lowest BCUT2D eigenvalue weighted by Crippen LogP contribution is -2.45. The standard InChI is InChI=1S/C12H14N2O5S2/c1-2-3-9-13(8(6-21-9)12(16)17)11(15)7-4-10(14(18)19)20-5-7/h4-5,8-9H,2-3,6H2,1H3,(H,16,17). The fourth-order valence-electron chi connectivity index (χ4n) is 2.18. The molecular formula is C12H14N2O5S2. The monoisotopic (exact) mass is 330 g/mol.